The number of oxazole rings is 1. The zero-order chi connectivity index (χ0) is 17.9. The van der Waals surface area contributed by atoms with Crippen molar-refractivity contribution in [3.05, 3.63) is 64.6 Å². The molecule has 1 fully saturated rings. The highest BCUT2D eigenvalue weighted by Gasteiger charge is 2.21. The minimum absolute atomic E-state index is 0.211. The van der Waals surface area contributed by atoms with Crippen LogP contribution in [0, 0.1) is 0 Å². The Morgan fingerprint density at radius 2 is 1.81 bits per heavy atom. The van der Waals surface area contributed by atoms with E-state index in [2.05, 4.69) is 22.0 Å². The van der Waals surface area contributed by atoms with Crippen molar-refractivity contribution in [1.29, 1.82) is 0 Å². The van der Waals surface area contributed by atoms with Crippen molar-refractivity contribution < 1.29 is 9.21 Å². The van der Waals surface area contributed by atoms with Crippen molar-refractivity contribution >= 4 is 22.7 Å². The monoisotopic (exact) mass is 351 g/mol. The molecule has 2 heterocycles. The lowest BCUT2D eigenvalue weighted by molar-refractivity contribution is -0.131. The van der Waals surface area contributed by atoms with Crippen molar-refractivity contribution in [3.63, 3.8) is 0 Å². The van der Waals surface area contributed by atoms with Crippen LogP contribution >= 0.6 is 0 Å². The van der Waals surface area contributed by atoms with Gasteiger partial charge in [-0.05, 0) is 30.2 Å². The highest BCUT2D eigenvalue weighted by molar-refractivity contribution is 5.78. The van der Waals surface area contributed by atoms with Gasteiger partial charge in [-0.2, -0.15) is 0 Å². The second-order valence-electron chi connectivity index (χ2n) is 6.55. The number of nitrogens with one attached hydrogen (secondary N) is 1. The van der Waals surface area contributed by atoms with Crippen LogP contribution in [0.15, 0.2) is 57.7 Å². The first-order chi connectivity index (χ1) is 12.7. The van der Waals surface area contributed by atoms with E-state index in [1.165, 1.54) is 5.56 Å². The van der Waals surface area contributed by atoms with Crippen LogP contribution < -0.4 is 10.7 Å². The minimum Gasteiger partial charge on any atom is -0.408 e. The maximum absolute atomic E-state index is 12.4. The summed E-state index contributed by atoms with van der Waals surface area (Å²) in [5.74, 6) is -0.228. The highest BCUT2D eigenvalue weighted by Crippen LogP contribution is 2.21. The number of fused-ring (bicyclic) bond motifs is 1. The van der Waals surface area contributed by atoms with Gasteiger partial charge in [0.1, 0.15) is 0 Å². The number of aryl methyl sites for hydroxylation is 1. The van der Waals surface area contributed by atoms with Gasteiger partial charge in [0, 0.05) is 38.3 Å². The number of hydrogen-bond acceptors (Lipinski definition) is 4. The Bertz CT molecular complexity index is 953. The Morgan fingerprint density at radius 3 is 2.58 bits per heavy atom. The molecule has 1 amide bonds. The van der Waals surface area contributed by atoms with Gasteiger partial charge in [-0.15, -0.1) is 0 Å². The molecule has 1 aliphatic heterocycles. The SMILES string of the molecule is O=C(CCc1ccccc1)N1CCN(c2ccc3oc(=O)[nH]c3c2)CC1. The lowest BCUT2D eigenvalue weighted by Gasteiger charge is -2.36. The van der Waals surface area contributed by atoms with Crippen LogP contribution in [0.1, 0.15) is 12.0 Å². The molecule has 0 spiro atoms. The van der Waals surface area contributed by atoms with Crippen LogP contribution in [0.3, 0.4) is 0 Å². The number of hydrogen-bond donors (Lipinski definition) is 1. The maximum Gasteiger partial charge on any atom is 0.417 e. The number of aromatic amines is 1. The van der Waals surface area contributed by atoms with E-state index >= 15 is 0 Å². The molecular weight excluding hydrogens is 330 g/mol. The van der Waals surface area contributed by atoms with Crippen molar-refractivity contribution in [2.45, 2.75) is 12.8 Å². The summed E-state index contributed by atoms with van der Waals surface area (Å²) in [5, 5.41) is 0. The van der Waals surface area contributed by atoms with Gasteiger partial charge in [-0.25, -0.2) is 4.79 Å². The number of carbonyl (C=O) groups is 1. The molecule has 134 valence electrons. The van der Waals surface area contributed by atoms with Crippen molar-refractivity contribution in [1.82, 2.24) is 9.88 Å². The molecular formula is C20H21N3O3. The fourth-order valence-electron chi connectivity index (χ4n) is 3.40. The molecule has 2 aromatic carbocycles. The molecule has 1 N–H and O–H groups in total. The van der Waals surface area contributed by atoms with Crippen LogP contribution in [-0.4, -0.2) is 42.0 Å². The second-order valence-corrected chi connectivity index (χ2v) is 6.55. The quantitative estimate of drug-likeness (QED) is 0.784. The standard InChI is InChI=1S/C20H21N3O3/c24-19(9-6-15-4-2-1-3-5-15)23-12-10-22(11-13-23)16-7-8-18-17(14-16)21-20(25)26-18/h1-5,7-8,14H,6,9-13H2,(H,21,25). The van der Waals surface area contributed by atoms with E-state index in [9.17, 15) is 9.59 Å². The Hall–Kier alpha value is -3.02. The highest BCUT2D eigenvalue weighted by atomic mass is 16.4. The Labute approximate surface area is 151 Å². The van der Waals surface area contributed by atoms with Crippen LogP contribution in [-0.2, 0) is 11.2 Å². The van der Waals surface area contributed by atoms with Gasteiger partial charge in [0.25, 0.3) is 0 Å². The number of nitrogens with zero attached hydrogens (tertiary/aromatic N) is 2. The molecule has 26 heavy (non-hydrogen) atoms. The predicted molar refractivity (Wildman–Crippen MR) is 100 cm³/mol. The molecule has 0 saturated carbocycles. The molecule has 0 unspecified atom stereocenters. The Morgan fingerprint density at radius 1 is 1.04 bits per heavy atom. The maximum atomic E-state index is 12.4. The number of carbonyl (C=O) groups excluding carboxylic acids is 1. The third-order valence-corrected chi connectivity index (χ3v) is 4.87. The summed E-state index contributed by atoms with van der Waals surface area (Å²) in [6.45, 7) is 3.00. The lowest BCUT2D eigenvalue weighted by Crippen LogP contribution is -2.48. The average molecular weight is 351 g/mol. The van der Waals surface area contributed by atoms with Crippen LogP contribution in [0.25, 0.3) is 11.1 Å². The van der Waals surface area contributed by atoms with Crippen molar-refractivity contribution in [2.24, 2.45) is 0 Å². The molecule has 6 nitrogen and oxygen atoms in total. The van der Waals surface area contributed by atoms with Crippen molar-refractivity contribution in [2.75, 3.05) is 31.1 Å². The summed E-state index contributed by atoms with van der Waals surface area (Å²) in [5.41, 5.74) is 3.50. The summed E-state index contributed by atoms with van der Waals surface area (Å²) < 4.78 is 5.04. The van der Waals surface area contributed by atoms with Gasteiger partial charge in [0.15, 0.2) is 5.58 Å². The lowest BCUT2D eigenvalue weighted by atomic mass is 10.1. The molecule has 0 bridgehead atoms. The Balaban J connectivity index is 1.34. The number of anilines is 1. The number of aromatic nitrogens is 1. The molecule has 0 aliphatic carbocycles. The predicted octanol–water partition coefficient (Wildman–Crippen LogP) is 2.40. The van der Waals surface area contributed by atoms with Crippen LogP contribution in [0.5, 0.6) is 0 Å². The number of benzene rings is 2. The van der Waals surface area contributed by atoms with E-state index in [4.69, 9.17) is 4.42 Å². The largest absolute Gasteiger partial charge is 0.417 e. The molecule has 0 radical (unpaired) electrons. The molecule has 6 heteroatoms. The summed E-state index contributed by atoms with van der Waals surface area (Å²) in [4.78, 5) is 30.6. The smallest absolute Gasteiger partial charge is 0.408 e. The van der Waals surface area contributed by atoms with Gasteiger partial charge in [-0.1, -0.05) is 30.3 Å². The summed E-state index contributed by atoms with van der Waals surface area (Å²) in [7, 11) is 0. The first-order valence-electron chi connectivity index (χ1n) is 8.88. The zero-order valence-corrected chi connectivity index (χ0v) is 14.5. The number of piperazine rings is 1. The van der Waals surface area contributed by atoms with Gasteiger partial charge < -0.3 is 14.2 Å². The van der Waals surface area contributed by atoms with Gasteiger partial charge in [0.2, 0.25) is 5.91 Å². The zero-order valence-electron chi connectivity index (χ0n) is 14.5. The van der Waals surface area contributed by atoms with E-state index in [0.717, 1.165) is 25.2 Å². The first-order valence-corrected chi connectivity index (χ1v) is 8.88. The van der Waals surface area contributed by atoms with E-state index in [1.807, 2.05) is 35.2 Å². The topological polar surface area (TPSA) is 69.6 Å². The summed E-state index contributed by atoms with van der Waals surface area (Å²) in [6, 6.07) is 15.8. The van der Waals surface area contributed by atoms with E-state index in [0.29, 0.717) is 30.6 Å². The first kappa shape index (κ1) is 16.4. The van der Waals surface area contributed by atoms with Gasteiger partial charge in [-0.3, -0.25) is 9.78 Å². The number of rotatable bonds is 4. The van der Waals surface area contributed by atoms with E-state index < -0.39 is 5.76 Å². The Kier molecular flexibility index (Phi) is 4.48. The summed E-state index contributed by atoms with van der Waals surface area (Å²) in [6.07, 6.45) is 1.33. The summed E-state index contributed by atoms with van der Waals surface area (Å²) >= 11 is 0. The third kappa shape index (κ3) is 3.49. The minimum atomic E-state index is -0.439. The molecule has 0 atom stereocenters. The normalized spacial score (nSPS) is 14.8. The van der Waals surface area contributed by atoms with E-state index in [1.54, 1.807) is 6.07 Å². The molecule has 1 aliphatic rings. The van der Waals surface area contributed by atoms with E-state index in [-0.39, 0.29) is 5.91 Å². The number of H-pyrrole nitrogens is 1. The third-order valence-electron chi connectivity index (χ3n) is 4.87. The fraction of sp³-hybridized carbons (Fsp3) is 0.300. The van der Waals surface area contributed by atoms with Crippen LogP contribution in [0.4, 0.5) is 5.69 Å². The number of amides is 1. The molecule has 4 rings (SSSR count). The van der Waals surface area contributed by atoms with Gasteiger partial charge >= 0.3 is 5.76 Å². The molecule has 1 saturated heterocycles. The van der Waals surface area contributed by atoms with Gasteiger partial charge in [0.05, 0.1) is 5.52 Å². The average Bonchev–Trinajstić information content (AvgIpc) is 3.06. The second kappa shape index (κ2) is 7.07. The molecule has 3 aromatic rings. The fourth-order valence-corrected chi connectivity index (χ4v) is 3.40. The van der Waals surface area contributed by atoms with Crippen LogP contribution in [0.2, 0.25) is 0 Å². The van der Waals surface area contributed by atoms with Crippen molar-refractivity contribution in [3.8, 4) is 0 Å². The molecule has 1 aromatic heterocycles.